The van der Waals surface area contributed by atoms with Crippen molar-refractivity contribution in [3.05, 3.63) is 41.2 Å². The normalized spacial score (nSPS) is 10.3. The lowest BCUT2D eigenvalue weighted by molar-refractivity contribution is -0.113. The molecular weight excluding hydrogens is 296 g/mol. The average Bonchev–Trinajstić information content (AvgIpc) is 2.41. The van der Waals surface area contributed by atoms with Crippen molar-refractivity contribution in [1.29, 1.82) is 0 Å². The standard InChI is InChI=1S/C13H13ClN4OS/c1-8-6-9(14)2-3-10(8)18-11(19)7-20-13-12(15)16-4-5-17-13/h2-6H,7H2,1H3,(H2,15,16)(H,18,19). The van der Waals surface area contributed by atoms with Gasteiger partial charge in [0, 0.05) is 23.1 Å². The molecule has 2 aromatic rings. The molecule has 2 rings (SSSR count). The van der Waals surface area contributed by atoms with Crippen LogP contribution in [0.5, 0.6) is 0 Å². The third-order valence-electron chi connectivity index (χ3n) is 2.49. The maximum absolute atomic E-state index is 11.9. The van der Waals surface area contributed by atoms with Crippen LogP contribution in [0.2, 0.25) is 5.02 Å². The molecule has 104 valence electrons. The summed E-state index contributed by atoms with van der Waals surface area (Å²) in [6, 6.07) is 5.31. The number of hydrogen-bond acceptors (Lipinski definition) is 5. The smallest absolute Gasteiger partial charge is 0.234 e. The lowest BCUT2D eigenvalue weighted by Crippen LogP contribution is -2.15. The quantitative estimate of drug-likeness (QED) is 0.849. The van der Waals surface area contributed by atoms with E-state index in [1.807, 2.05) is 6.92 Å². The summed E-state index contributed by atoms with van der Waals surface area (Å²) in [7, 11) is 0. The molecule has 0 atom stereocenters. The molecule has 0 aliphatic carbocycles. The molecule has 3 N–H and O–H groups in total. The number of benzene rings is 1. The van der Waals surface area contributed by atoms with Gasteiger partial charge in [0.1, 0.15) is 5.03 Å². The number of nitrogens with one attached hydrogen (secondary N) is 1. The van der Waals surface area contributed by atoms with Gasteiger partial charge in [0.25, 0.3) is 0 Å². The number of carbonyl (C=O) groups excluding carboxylic acids is 1. The minimum absolute atomic E-state index is 0.134. The van der Waals surface area contributed by atoms with Crippen LogP contribution in [0.15, 0.2) is 35.6 Å². The van der Waals surface area contributed by atoms with Gasteiger partial charge in [-0.3, -0.25) is 4.79 Å². The topological polar surface area (TPSA) is 80.9 Å². The fraction of sp³-hybridized carbons (Fsp3) is 0.154. The van der Waals surface area contributed by atoms with Crippen LogP contribution in [0.25, 0.3) is 0 Å². The van der Waals surface area contributed by atoms with Crippen LogP contribution in [-0.4, -0.2) is 21.6 Å². The van der Waals surface area contributed by atoms with Crippen LogP contribution in [0.3, 0.4) is 0 Å². The molecule has 0 unspecified atom stereocenters. The number of halogens is 1. The first-order valence-corrected chi connectivity index (χ1v) is 7.18. The number of aromatic nitrogens is 2. The molecule has 0 saturated heterocycles. The molecule has 5 nitrogen and oxygen atoms in total. The Labute approximate surface area is 126 Å². The Morgan fingerprint density at radius 2 is 2.15 bits per heavy atom. The number of nitrogen functional groups attached to an aromatic ring is 1. The number of nitrogens with zero attached hydrogens (tertiary/aromatic N) is 2. The van der Waals surface area contributed by atoms with E-state index in [1.165, 1.54) is 18.0 Å². The van der Waals surface area contributed by atoms with Crippen LogP contribution >= 0.6 is 23.4 Å². The van der Waals surface area contributed by atoms with Crippen molar-refractivity contribution in [2.45, 2.75) is 11.9 Å². The Hall–Kier alpha value is -1.79. The van der Waals surface area contributed by atoms with Crippen molar-refractivity contribution in [3.63, 3.8) is 0 Å². The molecule has 0 aliphatic rings. The van der Waals surface area contributed by atoms with Gasteiger partial charge in [-0.2, -0.15) is 0 Å². The number of aryl methyl sites for hydroxylation is 1. The summed E-state index contributed by atoms with van der Waals surface area (Å²) in [5.41, 5.74) is 7.31. The maximum atomic E-state index is 11.9. The van der Waals surface area contributed by atoms with E-state index in [9.17, 15) is 4.79 Å². The zero-order chi connectivity index (χ0) is 14.5. The van der Waals surface area contributed by atoms with Crippen LogP contribution < -0.4 is 11.1 Å². The van der Waals surface area contributed by atoms with Crippen LogP contribution in [0.4, 0.5) is 11.5 Å². The highest BCUT2D eigenvalue weighted by Crippen LogP contribution is 2.22. The van der Waals surface area contributed by atoms with Crippen molar-refractivity contribution in [2.24, 2.45) is 0 Å². The van der Waals surface area contributed by atoms with E-state index >= 15 is 0 Å². The first kappa shape index (κ1) is 14.6. The van der Waals surface area contributed by atoms with Gasteiger partial charge in [-0.25, -0.2) is 9.97 Å². The SMILES string of the molecule is Cc1cc(Cl)ccc1NC(=O)CSc1nccnc1N. The Kier molecular flexibility index (Phi) is 4.81. The highest BCUT2D eigenvalue weighted by atomic mass is 35.5. The first-order valence-electron chi connectivity index (χ1n) is 5.81. The third-order valence-corrected chi connectivity index (χ3v) is 3.72. The number of amides is 1. The Bertz CT molecular complexity index is 636. The Morgan fingerprint density at radius 3 is 2.85 bits per heavy atom. The lowest BCUT2D eigenvalue weighted by Gasteiger charge is -2.08. The molecule has 0 radical (unpaired) electrons. The minimum atomic E-state index is -0.134. The molecule has 1 aromatic carbocycles. The molecule has 0 saturated carbocycles. The molecule has 20 heavy (non-hydrogen) atoms. The summed E-state index contributed by atoms with van der Waals surface area (Å²) in [6.07, 6.45) is 3.05. The third kappa shape index (κ3) is 3.85. The van der Waals surface area contributed by atoms with E-state index in [0.29, 0.717) is 15.9 Å². The van der Waals surface area contributed by atoms with E-state index in [-0.39, 0.29) is 11.7 Å². The van der Waals surface area contributed by atoms with Gasteiger partial charge < -0.3 is 11.1 Å². The monoisotopic (exact) mass is 308 g/mol. The van der Waals surface area contributed by atoms with Gasteiger partial charge in [0.15, 0.2) is 5.82 Å². The molecule has 7 heteroatoms. The van der Waals surface area contributed by atoms with Gasteiger partial charge in [0.05, 0.1) is 5.75 Å². The molecule has 1 aromatic heterocycles. The number of nitrogens with two attached hydrogens (primary N) is 1. The van der Waals surface area contributed by atoms with E-state index in [2.05, 4.69) is 15.3 Å². The number of thioether (sulfide) groups is 1. The van der Waals surface area contributed by atoms with Crippen molar-refractivity contribution < 1.29 is 4.79 Å². The lowest BCUT2D eigenvalue weighted by atomic mass is 10.2. The predicted molar refractivity (Wildman–Crippen MR) is 82.0 cm³/mol. The predicted octanol–water partition coefficient (Wildman–Crippen LogP) is 2.75. The second kappa shape index (κ2) is 6.58. The highest BCUT2D eigenvalue weighted by molar-refractivity contribution is 8.00. The second-order valence-corrected chi connectivity index (χ2v) is 5.44. The van der Waals surface area contributed by atoms with Gasteiger partial charge in [-0.1, -0.05) is 23.4 Å². The van der Waals surface area contributed by atoms with E-state index < -0.39 is 0 Å². The summed E-state index contributed by atoms with van der Waals surface area (Å²) in [5.74, 6) is 0.406. The van der Waals surface area contributed by atoms with Gasteiger partial charge >= 0.3 is 0 Å². The number of hydrogen-bond donors (Lipinski definition) is 2. The zero-order valence-corrected chi connectivity index (χ0v) is 12.3. The van der Waals surface area contributed by atoms with Gasteiger partial charge in [-0.15, -0.1) is 0 Å². The molecule has 0 bridgehead atoms. The summed E-state index contributed by atoms with van der Waals surface area (Å²) in [5, 5.41) is 4.01. The van der Waals surface area contributed by atoms with Crippen molar-refractivity contribution in [1.82, 2.24) is 9.97 Å². The van der Waals surface area contributed by atoms with E-state index in [0.717, 1.165) is 11.3 Å². The zero-order valence-electron chi connectivity index (χ0n) is 10.8. The van der Waals surface area contributed by atoms with Crippen LogP contribution in [0.1, 0.15) is 5.56 Å². The molecular formula is C13H13ClN4OS. The largest absolute Gasteiger partial charge is 0.381 e. The fourth-order valence-electron chi connectivity index (χ4n) is 1.53. The van der Waals surface area contributed by atoms with Crippen molar-refractivity contribution >= 4 is 40.8 Å². The number of carbonyl (C=O) groups is 1. The van der Waals surface area contributed by atoms with Crippen molar-refractivity contribution in [3.8, 4) is 0 Å². The van der Waals surface area contributed by atoms with Crippen LogP contribution in [0, 0.1) is 6.92 Å². The van der Waals surface area contributed by atoms with Crippen molar-refractivity contribution in [2.75, 3.05) is 16.8 Å². The summed E-state index contributed by atoms with van der Waals surface area (Å²) < 4.78 is 0. The average molecular weight is 309 g/mol. The summed E-state index contributed by atoms with van der Waals surface area (Å²) in [6.45, 7) is 1.88. The minimum Gasteiger partial charge on any atom is -0.381 e. The van der Waals surface area contributed by atoms with Gasteiger partial charge in [-0.05, 0) is 30.7 Å². The van der Waals surface area contributed by atoms with E-state index in [1.54, 1.807) is 24.4 Å². The fourth-order valence-corrected chi connectivity index (χ4v) is 2.44. The second-order valence-electron chi connectivity index (χ2n) is 4.04. The van der Waals surface area contributed by atoms with Crippen LogP contribution in [-0.2, 0) is 4.79 Å². The molecule has 1 heterocycles. The van der Waals surface area contributed by atoms with E-state index in [4.69, 9.17) is 17.3 Å². The number of anilines is 2. The molecule has 0 aliphatic heterocycles. The maximum Gasteiger partial charge on any atom is 0.234 e. The number of rotatable bonds is 4. The molecule has 0 fully saturated rings. The highest BCUT2D eigenvalue weighted by Gasteiger charge is 2.08. The van der Waals surface area contributed by atoms with Gasteiger partial charge in [0.2, 0.25) is 5.91 Å². The summed E-state index contributed by atoms with van der Waals surface area (Å²) in [4.78, 5) is 19.9. The Morgan fingerprint density at radius 1 is 1.40 bits per heavy atom. The summed E-state index contributed by atoms with van der Waals surface area (Å²) >= 11 is 7.11. The Balaban J connectivity index is 1.94. The first-order chi connectivity index (χ1) is 9.56. The molecule has 0 spiro atoms. The molecule has 1 amide bonds.